The summed E-state index contributed by atoms with van der Waals surface area (Å²) in [5.74, 6) is 0. The van der Waals surface area contributed by atoms with Crippen LogP contribution in [-0.2, 0) is 6.54 Å². The van der Waals surface area contributed by atoms with Gasteiger partial charge in [0, 0.05) is 17.6 Å². The lowest BCUT2D eigenvalue weighted by atomic mass is 9.89. The molecule has 0 spiro atoms. The summed E-state index contributed by atoms with van der Waals surface area (Å²) in [6.07, 6.45) is 1.92. The Morgan fingerprint density at radius 1 is 1.25 bits per heavy atom. The molecule has 1 aromatic carbocycles. The van der Waals surface area contributed by atoms with Gasteiger partial charge in [-0.2, -0.15) is 0 Å². The molecule has 7 nitrogen and oxygen atoms in total. The molecule has 0 unspecified atom stereocenters. The first-order chi connectivity index (χ1) is 11.5. The number of imidazole rings is 1. The smallest absolute Gasteiger partial charge is 0.330 e. The van der Waals surface area contributed by atoms with Gasteiger partial charge >= 0.3 is 5.69 Å². The molecule has 24 heavy (non-hydrogen) atoms. The molecule has 124 valence electrons. The molecule has 1 aliphatic rings. The first-order valence-corrected chi connectivity index (χ1v) is 8.03. The van der Waals surface area contributed by atoms with Gasteiger partial charge in [0.05, 0.1) is 12.4 Å². The van der Waals surface area contributed by atoms with Crippen molar-refractivity contribution in [2.75, 3.05) is 0 Å². The highest BCUT2D eigenvalue weighted by molar-refractivity contribution is 6.30. The van der Waals surface area contributed by atoms with E-state index in [4.69, 9.17) is 11.6 Å². The lowest BCUT2D eigenvalue weighted by Crippen LogP contribution is -2.44. The topological polar surface area (TPSA) is 92.9 Å². The minimum absolute atomic E-state index is 0.264. The Bertz CT molecular complexity index is 1010. The second-order valence-electron chi connectivity index (χ2n) is 6.08. The predicted octanol–water partition coefficient (Wildman–Crippen LogP) is 1.28. The lowest BCUT2D eigenvalue weighted by Gasteiger charge is -2.31. The first-order valence-electron chi connectivity index (χ1n) is 7.65. The summed E-state index contributed by atoms with van der Waals surface area (Å²) < 4.78 is 2.90. The molecular weight excluding hydrogens is 332 g/mol. The van der Waals surface area contributed by atoms with E-state index in [1.54, 1.807) is 16.7 Å². The standard InChI is InChI=1S/C16H15ClN4O3/c17-10-3-1-9(2-4-10)7-20-8-18-14-13(20)15(23)21(16(24)19-14)11-5-12(22)6-11/h1-4,8,11-12,22H,5-7H2,(H,19,24). The molecule has 0 saturated heterocycles. The molecular formula is C16H15ClN4O3. The number of fused-ring (bicyclic) bond motifs is 1. The van der Waals surface area contributed by atoms with Crippen LogP contribution in [0.1, 0.15) is 24.4 Å². The number of halogens is 1. The molecule has 3 aromatic rings. The highest BCUT2D eigenvalue weighted by Gasteiger charge is 2.31. The number of rotatable bonds is 3. The van der Waals surface area contributed by atoms with Crippen molar-refractivity contribution in [3.63, 3.8) is 0 Å². The van der Waals surface area contributed by atoms with Crippen LogP contribution in [-0.4, -0.2) is 30.3 Å². The highest BCUT2D eigenvalue weighted by atomic mass is 35.5. The fraction of sp³-hybridized carbons (Fsp3) is 0.312. The molecule has 1 saturated carbocycles. The number of H-pyrrole nitrogens is 1. The Labute approximate surface area is 141 Å². The Hall–Kier alpha value is -2.38. The third-order valence-corrected chi connectivity index (χ3v) is 4.67. The average Bonchev–Trinajstić information content (AvgIpc) is 2.90. The van der Waals surface area contributed by atoms with Gasteiger partial charge < -0.3 is 9.67 Å². The van der Waals surface area contributed by atoms with Gasteiger partial charge in [0.15, 0.2) is 11.2 Å². The van der Waals surface area contributed by atoms with Crippen molar-refractivity contribution in [2.45, 2.75) is 31.5 Å². The maximum atomic E-state index is 12.8. The number of aromatic amines is 1. The summed E-state index contributed by atoms with van der Waals surface area (Å²) in [5, 5.41) is 10.1. The molecule has 0 aliphatic heterocycles. The molecule has 2 heterocycles. The van der Waals surface area contributed by atoms with E-state index in [0.717, 1.165) is 5.56 Å². The van der Waals surface area contributed by atoms with E-state index in [1.165, 1.54) is 10.9 Å². The zero-order valence-electron chi connectivity index (χ0n) is 12.6. The normalized spacial score (nSPS) is 20.2. The number of nitrogens with zero attached hydrogens (tertiary/aromatic N) is 3. The van der Waals surface area contributed by atoms with Gasteiger partial charge in [0.1, 0.15) is 0 Å². The Kier molecular flexibility index (Phi) is 3.54. The molecule has 1 fully saturated rings. The SMILES string of the molecule is O=c1[nH]c2ncn(Cc3ccc(Cl)cc3)c2c(=O)n1C1CC(O)C1. The van der Waals surface area contributed by atoms with Crippen molar-refractivity contribution in [3.8, 4) is 0 Å². The number of benzene rings is 1. The van der Waals surface area contributed by atoms with E-state index in [9.17, 15) is 14.7 Å². The third-order valence-electron chi connectivity index (χ3n) is 4.42. The highest BCUT2D eigenvalue weighted by Crippen LogP contribution is 2.29. The summed E-state index contributed by atoms with van der Waals surface area (Å²) in [7, 11) is 0. The number of aliphatic hydroxyl groups is 1. The largest absolute Gasteiger partial charge is 0.393 e. The predicted molar refractivity (Wildman–Crippen MR) is 89.4 cm³/mol. The Morgan fingerprint density at radius 3 is 2.62 bits per heavy atom. The number of nitrogens with one attached hydrogen (secondary N) is 1. The van der Waals surface area contributed by atoms with Crippen molar-refractivity contribution < 1.29 is 5.11 Å². The van der Waals surface area contributed by atoms with Crippen LogP contribution in [0.3, 0.4) is 0 Å². The Balaban J connectivity index is 1.80. The van der Waals surface area contributed by atoms with Crippen LogP contribution in [0.2, 0.25) is 5.02 Å². The second-order valence-corrected chi connectivity index (χ2v) is 6.52. The Morgan fingerprint density at radius 2 is 1.96 bits per heavy atom. The van der Waals surface area contributed by atoms with Crippen LogP contribution in [0.5, 0.6) is 0 Å². The molecule has 4 rings (SSSR count). The fourth-order valence-corrected chi connectivity index (χ4v) is 3.20. The number of hydrogen-bond acceptors (Lipinski definition) is 4. The van der Waals surface area contributed by atoms with Crippen LogP contribution in [0.25, 0.3) is 11.2 Å². The van der Waals surface area contributed by atoms with Gasteiger partial charge in [-0.25, -0.2) is 9.78 Å². The zero-order valence-corrected chi connectivity index (χ0v) is 13.4. The average molecular weight is 347 g/mol. The van der Waals surface area contributed by atoms with E-state index in [-0.39, 0.29) is 17.2 Å². The van der Waals surface area contributed by atoms with Gasteiger partial charge in [-0.05, 0) is 30.5 Å². The molecule has 0 radical (unpaired) electrons. The van der Waals surface area contributed by atoms with Crippen molar-refractivity contribution in [1.82, 2.24) is 19.1 Å². The molecule has 0 atom stereocenters. The summed E-state index contributed by atoms with van der Waals surface area (Å²) in [6, 6.07) is 7.05. The van der Waals surface area contributed by atoms with Crippen LogP contribution in [0.4, 0.5) is 0 Å². The third kappa shape index (κ3) is 2.46. The molecule has 0 bridgehead atoms. The van der Waals surface area contributed by atoms with Gasteiger partial charge in [-0.15, -0.1) is 0 Å². The van der Waals surface area contributed by atoms with Crippen molar-refractivity contribution in [2.24, 2.45) is 0 Å². The minimum atomic E-state index is -0.485. The maximum Gasteiger partial charge on any atom is 0.330 e. The summed E-state index contributed by atoms with van der Waals surface area (Å²) in [4.78, 5) is 31.7. The lowest BCUT2D eigenvalue weighted by molar-refractivity contribution is 0.0455. The zero-order chi connectivity index (χ0) is 16.8. The van der Waals surface area contributed by atoms with Crippen molar-refractivity contribution >= 4 is 22.8 Å². The number of aromatic nitrogens is 4. The van der Waals surface area contributed by atoms with Crippen molar-refractivity contribution in [3.05, 3.63) is 62.0 Å². The first kappa shape index (κ1) is 15.2. The van der Waals surface area contributed by atoms with Gasteiger partial charge in [-0.3, -0.25) is 14.3 Å². The fourth-order valence-electron chi connectivity index (χ4n) is 3.07. The molecule has 0 amide bonds. The van der Waals surface area contributed by atoms with Crippen LogP contribution in [0.15, 0.2) is 40.2 Å². The van der Waals surface area contributed by atoms with E-state index in [2.05, 4.69) is 9.97 Å². The quantitative estimate of drug-likeness (QED) is 0.747. The molecule has 1 aliphatic carbocycles. The van der Waals surface area contributed by atoms with E-state index in [1.807, 2.05) is 12.1 Å². The summed E-state index contributed by atoms with van der Waals surface area (Å²) in [5.41, 5.74) is 0.731. The molecule has 2 aromatic heterocycles. The minimum Gasteiger partial charge on any atom is -0.393 e. The van der Waals surface area contributed by atoms with Gasteiger partial charge in [0.2, 0.25) is 0 Å². The summed E-state index contributed by atoms with van der Waals surface area (Å²) in [6.45, 7) is 0.447. The van der Waals surface area contributed by atoms with Crippen LogP contribution in [0, 0.1) is 0 Å². The maximum absolute atomic E-state index is 12.8. The number of hydrogen-bond donors (Lipinski definition) is 2. The molecule has 8 heteroatoms. The second kappa shape index (κ2) is 5.61. The summed E-state index contributed by atoms with van der Waals surface area (Å²) >= 11 is 5.89. The van der Waals surface area contributed by atoms with Gasteiger partial charge in [0.25, 0.3) is 5.56 Å². The van der Waals surface area contributed by atoms with E-state index >= 15 is 0 Å². The van der Waals surface area contributed by atoms with Crippen LogP contribution >= 0.6 is 11.6 Å². The van der Waals surface area contributed by atoms with E-state index < -0.39 is 11.8 Å². The monoisotopic (exact) mass is 346 g/mol. The van der Waals surface area contributed by atoms with Crippen molar-refractivity contribution in [1.29, 1.82) is 0 Å². The van der Waals surface area contributed by atoms with E-state index in [0.29, 0.717) is 29.9 Å². The van der Waals surface area contributed by atoms with Gasteiger partial charge in [-0.1, -0.05) is 23.7 Å². The van der Waals surface area contributed by atoms with Crippen LogP contribution < -0.4 is 11.2 Å². The molecule has 2 N–H and O–H groups in total. The number of aliphatic hydroxyl groups excluding tert-OH is 1.